The number of nitrogens with zero attached hydrogens (tertiary/aromatic N) is 2. The summed E-state index contributed by atoms with van der Waals surface area (Å²) in [5.74, 6) is 0.795. The van der Waals surface area contributed by atoms with Crippen molar-refractivity contribution in [3.8, 4) is 11.4 Å². The molecule has 4 heteroatoms. The molecule has 0 saturated heterocycles. The molecule has 15 heavy (non-hydrogen) atoms. The minimum Gasteiger partial charge on any atom is -0.326 e. The van der Waals surface area contributed by atoms with E-state index in [0.29, 0.717) is 6.54 Å². The molecular formula is C11H13N3S. The third kappa shape index (κ3) is 1.91. The first-order valence-electron chi connectivity index (χ1n) is 4.79. The second-order valence-electron chi connectivity index (χ2n) is 3.41. The predicted octanol–water partition coefficient (Wildman–Crippen LogP) is 2.28. The lowest BCUT2D eigenvalue weighted by molar-refractivity contribution is 0.939. The summed E-state index contributed by atoms with van der Waals surface area (Å²) in [6.07, 6.45) is 0. The highest BCUT2D eigenvalue weighted by atomic mass is 32.1. The topological polar surface area (TPSA) is 51.8 Å². The van der Waals surface area contributed by atoms with E-state index in [4.69, 9.17) is 5.73 Å². The van der Waals surface area contributed by atoms with Gasteiger partial charge < -0.3 is 5.73 Å². The van der Waals surface area contributed by atoms with E-state index in [1.807, 2.05) is 25.3 Å². The zero-order valence-electron chi connectivity index (χ0n) is 8.82. The average molecular weight is 219 g/mol. The second kappa shape index (κ2) is 4.08. The van der Waals surface area contributed by atoms with Crippen LogP contribution >= 0.6 is 11.3 Å². The molecule has 2 aromatic heterocycles. The van der Waals surface area contributed by atoms with Crippen molar-refractivity contribution < 1.29 is 0 Å². The molecule has 0 bridgehead atoms. The summed E-state index contributed by atoms with van der Waals surface area (Å²) in [7, 11) is 0. The van der Waals surface area contributed by atoms with Crippen LogP contribution < -0.4 is 5.73 Å². The first-order chi connectivity index (χ1) is 7.22. The molecule has 2 aromatic rings. The van der Waals surface area contributed by atoms with Crippen LogP contribution in [0.15, 0.2) is 16.8 Å². The van der Waals surface area contributed by atoms with Gasteiger partial charge in [0.15, 0.2) is 5.82 Å². The smallest absolute Gasteiger partial charge is 0.160 e. The number of thiophene rings is 1. The molecule has 2 heterocycles. The summed E-state index contributed by atoms with van der Waals surface area (Å²) >= 11 is 1.65. The van der Waals surface area contributed by atoms with Crippen LogP contribution in [-0.2, 0) is 6.54 Å². The van der Waals surface area contributed by atoms with E-state index in [0.717, 1.165) is 28.3 Å². The van der Waals surface area contributed by atoms with Gasteiger partial charge in [-0.2, -0.15) is 11.3 Å². The van der Waals surface area contributed by atoms with Gasteiger partial charge in [0.2, 0.25) is 0 Å². The molecule has 0 unspecified atom stereocenters. The van der Waals surface area contributed by atoms with Gasteiger partial charge in [-0.25, -0.2) is 9.97 Å². The summed E-state index contributed by atoms with van der Waals surface area (Å²) in [6, 6.07) is 2.03. The first kappa shape index (κ1) is 10.3. The molecule has 0 atom stereocenters. The van der Waals surface area contributed by atoms with Crippen LogP contribution in [0.3, 0.4) is 0 Å². The predicted molar refractivity (Wildman–Crippen MR) is 62.7 cm³/mol. The zero-order chi connectivity index (χ0) is 10.8. The number of rotatable bonds is 2. The highest BCUT2D eigenvalue weighted by molar-refractivity contribution is 7.08. The van der Waals surface area contributed by atoms with E-state index in [1.54, 1.807) is 11.3 Å². The Kier molecular flexibility index (Phi) is 2.79. The summed E-state index contributed by atoms with van der Waals surface area (Å²) in [4.78, 5) is 8.93. The quantitative estimate of drug-likeness (QED) is 0.843. The molecule has 0 radical (unpaired) electrons. The van der Waals surface area contributed by atoms with E-state index in [2.05, 4.69) is 15.3 Å². The van der Waals surface area contributed by atoms with Crippen LogP contribution in [0.2, 0.25) is 0 Å². The van der Waals surface area contributed by atoms with Crippen LogP contribution in [-0.4, -0.2) is 9.97 Å². The highest BCUT2D eigenvalue weighted by Crippen LogP contribution is 2.20. The van der Waals surface area contributed by atoms with Gasteiger partial charge in [0.25, 0.3) is 0 Å². The second-order valence-corrected chi connectivity index (χ2v) is 4.19. The SMILES string of the molecule is Cc1nc(-c2ccsc2)nc(C)c1CN. The van der Waals surface area contributed by atoms with Crippen LogP contribution in [0.4, 0.5) is 0 Å². The maximum atomic E-state index is 5.64. The Morgan fingerprint density at radius 1 is 1.27 bits per heavy atom. The van der Waals surface area contributed by atoms with Gasteiger partial charge in [-0.05, 0) is 25.3 Å². The maximum Gasteiger partial charge on any atom is 0.160 e. The fourth-order valence-electron chi connectivity index (χ4n) is 1.56. The third-order valence-corrected chi connectivity index (χ3v) is 3.09. The molecule has 0 aliphatic heterocycles. The fourth-order valence-corrected chi connectivity index (χ4v) is 2.19. The average Bonchev–Trinajstić information content (AvgIpc) is 2.69. The van der Waals surface area contributed by atoms with Crippen molar-refractivity contribution in [1.82, 2.24) is 9.97 Å². The summed E-state index contributed by atoms with van der Waals surface area (Å²) in [6.45, 7) is 4.46. The fraction of sp³-hybridized carbons (Fsp3) is 0.273. The van der Waals surface area contributed by atoms with Crippen molar-refractivity contribution >= 4 is 11.3 Å². The Bertz CT molecular complexity index is 440. The number of hydrogen-bond donors (Lipinski definition) is 1. The molecule has 0 amide bonds. The van der Waals surface area contributed by atoms with Crippen molar-refractivity contribution in [3.63, 3.8) is 0 Å². The number of aromatic nitrogens is 2. The Labute approximate surface area is 93.0 Å². The first-order valence-corrected chi connectivity index (χ1v) is 5.73. The van der Waals surface area contributed by atoms with Crippen molar-refractivity contribution in [2.24, 2.45) is 5.73 Å². The van der Waals surface area contributed by atoms with Gasteiger partial charge in [0.05, 0.1) is 0 Å². The molecule has 0 spiro atoms. The Morgan fingerprint density at radius 3 is 2.40 bits per heavy atom. The van der Waals surface area contributed by atoms with Crippen LogP contribution in [0.25, 0.3) is 11.4 Å². The normalized spacial score (nSPS) is 10.6. The van der Waals surface area contributed by atoms with Crippen LogP contribution in [0.5, 0.6) is 0 Å². The number of nitrogens with two attached hydrogens (primary N) is 1. The number of aryl methyl sites for hydroxylation is 2. The largest absolute Gasteiger partial charge is 0.326 e. The standard InChI is InChI=1S/C11H13N3S/c1-7-10(5-12)8(2)14-11(13-7)9-3-4-15-6-9/h3-4,6H,5,12H2,1-2H3. The van der Waals surface area contributed by atoms with Gasteiger partial charge in [-0.3, -0.25) is 0 Å². The molecule has 2 rings (SSSR count). The molecular weight excluding hydrogens is 206 g/mol. The Hall–Kier alpha value is -1.26. The van der Waals surface area contributed by atoms with Crippen LogP contribution in [0.1, 0.15) is 17.0 Å². The minimum atomic E-state index is 0.502. The molecule has 3 nitrogen and oxygen atoms in total. The molecule has 2 N–H and O–H groups in total. The monoisotopic (exact) mass is 219 g/mol. The van der Waals surface area contributed by atoms with E-state index in [1.165, 1.54) is 0 Å². The molecule has 0 aliphatic rings. The highest BCUT2D eigenvalue weighted by Gasteiger charge is 2.08. The van der Waals surface area contributed by atoms with Gasteiger partial charge >= 0.3 is 0 Å². The Morgan fingerprint density at radius 2 is 1.93 bits per heavy atom. The van der Waals surface area contributed by atoms with E-state index in [9.17, 15) is 0 Å². The summed E-state index contributed by atoms with van der Waals surface area (Å²) in [5, 5.41) is 4.08. The van der Waals surface area contributed by atoms with Gasteiger partial charge in [0, 0.05) is 34.4 Å². The molecule has 78 valence electrons. The van der Waals surface area contributed by atoms with Crippen molar-refractivity contribution in [3.05, 3.63) is 33.8 Å². The zero-order valence-corrected chi connectivity index (χ0v) is 9.64. The lowest BCUT2D eigenvalue weighted by Gasteiger charge is -2.07. The molecule has 0 fully saturated rings. The maximum absolute atomic E-state index is 5.64. The molecule has 0 saturated carbocycles. The van der Waals surface area contributed by atoms with Gasteiger partial charge in [-0.1, -0.05) is 0 Å². The van der Waals surface area contributed by atoms with E-state index < -0.39 is 0 Å². The van der Waals surface area contributed by atoms with Crippen molar-refractivity contribution in [1.29, 1.82) is 0 Å². The minimum absolute atomic E-state index is 0.502. The lowest BCUT2D eigenvalue weighted by Crippen LogP contribution is -2.07. The molecule has 0 aromatic carbocycles. The Balaban J connectivity index is 2.53. The van der Waals surface area contributed by atoms with Gasteiger partial charge in [0.1, 0.15) is 0 Å². The van der Waals surface area contributed by atoms with Crippen LogP contribution in [0, 0.1) is 13.8 Å². The summed E-state index contributed by atoms with van der Waals surface area (Å²) in [5.41, 5.74) is 9.73. The third-order valence-electron chi connectivity index (χ3n) is 2.40. The van der Waals surface area contributed by atoms with E-state index >= 15 is 0 Å². The van der Waals surface area contributed by atoms with Crippen molar-refractivity contribution in [2.75, 3.05) is 0 Å². The van der Waals surface area contributed by atoms with Gasteiger partial charge in [-0.15, -0.1) is 0 Å². The lowest BCUT2D eigenvalue weighted by atomic mass is 10.1. The summed E-state index contributed by atoms with van der Waals surface area (Å²) < 4.78 is 0. The number of hydrogen-bond acceptors (Lipinski definition) is 4. The van der Waals surface area contributed by atoms with Crippen molar-refractivity contribution in [2.45, 2.75) is 20.4 Å². The van der Waals surface area contributed by atoms with E-state index in [-0.39, 0.29) is 0 Å². The molecule has 0 aliphatic carbocycles.